The highest BCUT2D eigenvalue weighted by Crippen LogP contribution is 2.36. The Labute approximate surface area is 196 Å². The molecule has 0 spiro atoms. The van der Waals surface area contributed by atoms with Gasteiger partial charge < -0.3 is 24.8 Å². The minimum absolute atomic E-state index is 0.0862. The van der Waals surface area contributed by atoms with Crippen LogP contribution >= 0.6 is 11.6 Å². The van der Waals surface area contributed by atoms with Gasteiger partial charge in [-0.05, 0) is 44.1 Å². The van der Waals surface area contributed by atoms with Crippen molar-refractivity contribution in [2.24, 2.45) is 0 Å². The van der Waals surface area contributed by atoms with Crippen molar-refractivity contribution in [2.45, 2.75) is 32.0 Å². The van der Waals surface area contributed by atoms with Crippen LogP contribution in [0.4, 0.5) is 23.6 Å². The van der Waals surface area contributed by atoms with Crippen molar-refractivity contribution < 1.29 is 37.0 Å². The van der Waals surface area contributed by atoms with Gasteiger partial charge in [0.2, 0.25) is 5.65 Å². The number of oxazole rings is 1. The zero-order chi connectivity index (χ0) is 25.0. The molecular formula is C21H21ClF4N4O4. The summed E-state index contributed by atoms with van der Waals surface area (Å²) in [5, 5.41) is 20.6. The summed E-state index contributed by atoms with van der Waals surface area (Å²) >= 11 is 6.08. The molecule has 3 aromatic rings. The van der Waals surface area contributed by atoms with E-state index in [0.717, 1.165) is 44.6 Å². The number of pyridine rings is 1. The number of phenols is 1. The van der Waals surface area contributed by atoms with Crippen LogP contribution in [-0.4, -0.2) is 62.9 Å². The molecule has 0 radical (unpaired) electrons. The highest BCUT2D eigenvalue weighted by Gasteiger charge is 2.38. The molecule has 0 saturated carbocycles. The fourth-order valence-corrected chi connectivity index (χ4v) is 3.77. The number of aliphatic carboxylic acids is 1. The lowest BCUT2D eigenvalue weighted by Crippen LogP contribution is -2.41. The number of aromatic hydroxyl groups is 1. The normalized spacial score (nSPS) is 16.7. The van der Waals surface area contributed by atoms with Crippen molar-refractivity contribution in [1.29, 1.82) is 0 Å². The number of phenolic OH excluding ortho intramolecular Hbond substituents is 1. The van der Waals surface area contributed by atoms with Crippen LogP contribution in [0.1, 0.15) is 19.8 Å². The van der Waals surface area contributed by atoms with Gasteiger partial charge in [-0.25, -0.2) is 14.2 Å². The van der Waals surface area contributed by atoms with Gasteiger partial charge in [-0.3, -0.25) is 0 Å². The van der Waals surface area contributed by atoms with Gasteiger partial charge in [-0.15, -0.1) is 0 Å². The standard InChI is InChI=1S/C19H20ClFN4O2.C2HF3O2/c1-2-25-7-3-4-12(10-25)22-19-24-18-16(27-19)6-5-14(23-18)17-13(20)8-11(21)9-15(17)26;3-2(4,5)1(6)7/h5-6,8-9,12,26H,2-4,7,10H2,1H3,(H,22,23,24);(H,6,7)/t12-;/m1./s1. The number of carboxylic acids is 1. The molecule has 8 nitrogen and oxygen atoms in total. The van der Waals surface area contributed by atoms with Gasteiger partial charge in [0, 0.05) is 18.7 Å². The molecule has 34 heavy (non-hydrogen) atoms. The van der Waals surface area contributed by atoms with Crippen molar-refractivity contribution in [2.75, 3.05) is 25.0 Å². The van der Waals surface area contributed by atoms with Gasteiger partial charge in [0.05, 0.1) is 16.3 Å². The molecular weight excluding hydrogens is 484 g/mol. The second-order valence-corrected chi connectivity index (χ2v) is 7.91. The number of hydrogen-bond acceptors (Lipinski definition) is 7. The number of aromatic nitrogens is 2. The zero-order valence-electron chi connectivity index (χ0n) is 17.9. The molecule has 1 aliphatic heterocycles. The highest BCUT2D eigenvalue weighted by atomic mass is 35.5. The predicted molar refractivity (Wildman–Crippen MR) is 116 cm³/mol. The first-order valence-electron chi connectivity index (χ1n) is 10.2. The molecule has 1 aromatic carbocycles. The lowest BCUT2D eigenvalue weighted by atomic mass is 10.1. The van der Waals surface area contributed by atoms with E-state index in [2.05, 4.69) is 27.1 Å². The molecule has 0 bridgehead atoms. The number of nitrogens with zero attached hydrogens (tertiary/aromatic N) is 3. The van der Waals surface area contributed by atoms with Gasteiger partial charge >= 0.3 is 12.1 Å². The molecule has 3 N–H and O–H groups in total. The summed E-state index contributed by atoms with van der Waals surface area (Å²) in [4.78, 5) is 20.1. The molecule has 0 unspecified atom stereocenters. The van der Waals surface area contributed by atoms with Crippen molar-refractivity contribution in [3.05, 3.63) is 35.1 Å². The molecule has 3 heterocycles. The Morgan fingerprint density at radius 2 is 2.03 bits per heavy atom. The van der Waals surface area contributed by atoms with Crippen molar-refractivity contribution in [1.82, 2.24) is 14.9 Å². The number of nitrogens with one attached hydrogen (secondary N) is 1. The number of likely N-dealkylation sites (tertiary alicyclic amines) is 1. The topological polar surface area (TPSA) is 112 Å². The summed E-state index contributed by atoms with van der Waals surface area (Å²) in [5.74, 6) is -3.63. The van der Waals surface area contributed by atoms with Gasteiger partial charge in [0.1, 0.15) is 11.6 Å². The number of anilines is 1. The molecule has 1 aliphatic rings. The second-order valence-electron chi connectivity index (χ2n) is 7.50. The third-order valence-electron chi connectivity index (χ3n) is 5.07. The van der Waals surface area contributed by atoms with E-state index < -0.39 is 18.0 Å². The molecule has 0 aliphatic carbocycles. The number of piperidine rings is 1. The van der Waals surface area contributed by atoms with Crippen LogP contribution in [-0.2, 0) is 4.79 Å². The van der Waals surface area contributed by atoms with Crippen LogP contribution in [0.15, 0.2) is 28.7 Å². The van der Waals surface area contributed by atoms with Gasteiger partial charge in [0.15, 0.2) is 5.58 Å². The van der Waals surface area contributed by atoms with Crippen LogP contribution in [0.2, 0.25) is 5.02 Å². The van der Waals surface area contributed by atoms with Crippen LogP contribution < -0.4 is 5.32 Å². The average Bonchev–Trinajstić information content (AvgIpc) is 3.14. The monoisotopic (exact) mass is 504 g/mol. The molecule has 2 aromatic heterocycles. The van der Waals surface area contributed by atoms with Gasteiger partial charge in [-0.1, -0.05) is 18.5 Å². The van der Waals surface area contributed by atoms with E-state index in [0.29, 0.717) is 22.9 Å². The maximum absolute atomic E-state index is 13.4. The summed E-state index contributed by atoms with van der Waals surface area (Å²) in [6.45, 7) is 5.25. The van der Waals surface area contributed by atoms with E-state index in [-0.39, 0.29) is 22.4 Å². The molecule has 4 rings (SSSR count). The number of rotatable bonds is 4. The summed E-state index contributed by atoms with van der Waals surface area (Å²) < 4.78 is 50.8. The highest BCUT2D eigenvalue weighted by molar-refractivity contribution is 6.33. The summed E-state index contributed by atoms with van der Waals surface area (Å²) in [5.41, 5.74) is 1.60. The third-order valence-corrected chi connectivity index (χ3v) is 5.36. The quantitative estimate of drug-likeness (QED) is 0.429. The number of carbonyl (C=O) groups is 1. The Bertz CT molecular complexity index is 1150. The SMILES string of the molecule is CCN1CCC[C@@H](Nc2nc3nc(-c4c(O)cc(F)cc4Cl)ccc3o2)C1.O=C(O)C(F)(F)F. The Balaban J connectivity index is 0.000000406. The van der Waals surface area contributed by atoms with Crippen LogP contribution in [0.5, 0.6) is 5.75 Å². The maximum atomic E-state index is 13.4. The van der Waals surface area contributed by atoms with Gasteiger partial charge in [0.25, 0.3) is 6.01 Å². The van der Waals surface area contributed by atoms with Crippen molar-refractivity contribution in [3.63, 3.8) is 0 Å². The first-order valence-corrected chi connectivity index (χ1v) is 10.6. The number of benzene rings is 1. The Morgan fingerprint density at radius 3 is 2.65 bits per heavy atom. The van der Waals surface area contributed by atoms with Crippen molar-refractivity contribution in [3.8, 4) is 17.0 Å². The fourth-order valence-electron chi connectivity index (χ4n) is 3.47. The zero-order valence-corrected chi connectivity index (χ0v) is 18.6. The van der Waals surface area contributed by atoms with Crippen LogP contribution in [0, 0.1) is 5.82 Å². The average molecular weight is 505 g/mol. The summed E-state index contributed by atoms with van der Waals surface area (Å²) in [7, 11) is 0. The van der Waals surface area contributed by atoms with Crippen molar-refractivity contribution >= 4 is 34.8 Å². The Hall–Kier alpha value is -3.12. The minimum Gasteiger partial charge on any atom is -0.507 e. The maximum Gasteiger partial charge on any atom is 0.490 e. The van der Waals surface area contributed by atoms with E-state index >= 15 is 0 Å². The second kappa shape index (κ2) is 10.4. The van der Waals surface area contributed by atoms with E-state index in [9.17, 15) is 22.7 Å². The predicted octanol–water partition coefficient (Wildman–Crippen LogP) is 4.92. The fraction of sp³-hybridized carbons (Fsp3) is 0.381. The number of fused-ring (bicyclic) bond motifs is 1. The largest absolute Gasteiger partial charge is 0.507 e. The molecule has 0 amide bonds. The smallest absolute Gasteiger partial charge is 0.490 e. The molecule has 184 valence electrons. The molecule has 1 saturated heterocycles. The lowest BCUT2D eigenvalue weighted by Gasteiger charge is -2.31. The number of likely N-dealkylation sites (N-methyl/N-ethyl adjacent to an activating group) is 1. The van der Waals surface area contributed by atoms with E-state index in [1.165, 1.54) is 0 Å². The molecule has 1 atom stereocenters. The minimum atomic E-state index is -5.08. The molecule has 13 heteroatoms. The Morgan fingerprint density at radius 1 is 1.32 bits per heavy atom. The van der Waals surface area contributed by atoms with E-state index in [1.807, 2.05) is 0 Å². The first-order chi connectivity index (χ1) is 16.0. The summed E-state index contributed by atoms with van der Waals surface area (Å²) in [6, 6.07) is 6.23. The number of halogens is 5. The van der Waals surface area contributed by atoms with Crippen LogP contribution in [0.25, 0.3) is 22.5 Å². The lowest BCUT2D eigenvalue weighted by molar-refractivity contribution is -0.192. The van der Waals surface area contributed by atoms with E-state index in [1.54, 1.807) is 12.1 Å². The number of hydrogen-bond donors (Lipinski definition) is 3. The van der Waals surface area contributed by atoms with Crippen LogP contribution in [0.3, 0.4) is 0 Å². The molecule has 1 fully saturated rings. The van der Waals surface area contributed by atoms with E-state index in [4.69, 9.17) is 25.9 Å². The Kier molecular flexibility index (Phi) is 7.82. The third kappa shape index (κ3) is 6.26. The number of carboxylic acid groups (broad SMARTS) is 1. The first kappa shape index (κ1) is 25.5. The number of alkyl halides is 3. The van der Waals surface area contributed by atoms with Gasteiger partial charge in [-0.2, -0.15) is 18.2 Å². The summed E-state index contributed by atoms with van der Waals surface area (Å²) in [6.07, 6.45) is -2.89.